The van der Waals surface area contributed by atoms with E-state index in [0.717, 1.165) is 6.42 Å². The molecule has 2 aromatic rings. The minimum absolute atomic E-state index is 0.545. The van der Waals surface area contributed by atoms with Gasteiger partial charge in [-0.3, -0.25) is 0 Å². The van der Waals surface area contributed by atoms with Crippen LogP contribution in [0, 0.1) is 0 Å². The highest BCUT2D eigenvalue weighted by Gasteiger charge is 2.06. The standard InChI is InChI=1S/C11H13NS2/c1-8(2)10-7-14-11(12-10)6-9-4-3-5-13-9/h3-5,7-8H,6H2,1-2H3. The van der Waals surface area contributed by atoms with Crippen LogP contribution in [-0.4, -0.2) is 4.98 Å². The van der Waals surface area contributed by atoms with Gasteiger partial charge in [-0.2, -0.15) is 0 Å². The molecule has 2 heterocycles. The minimum atomic E-state index is 0.545. The number of rotatable bonds is 3. The Bertz CT molecular complexity index is 387. The Labute approximate surface area is 92.4 Å². The molecule has 1 nitrogen and oxygen atoms in total. The topological polar surface area (TPSA) is 12.9 Å². The summed E-state index contributed by atoms with van der Waals surface area (Å²) in [4.78, 5) is 6.01. The molecule has 2 aromatic heterocycles. The molecule has 0 saturated heterocycles. The molecular formula is C11H13NS2. The highest BCUT2D eigenvalue weighted by atomic mass is 32.1. The predicted molar refractivity (Wildman–Crippen MR) is 63.3 cm³/mol. The van der Waals surface area contributed by atoms with Crippen molar-refractivity contribution in [3.8, 4) is 0 Å². The Kier molecular flexibility index (Phi) is 2.99. The summed E-state index contributed by atoms with van der Waals surface area (Å²) in [5, 5.41) is 5.52. The lowest BCUT2D eigenvalue weighted by atomic mass is 10.2. The summed E-state index contributed by atoms with van der Waals surface area (Å²) in [5.41, 5.74) is 1.22. The zero-order valence-corrected chi connectivity index (χ0v) is 9.99. The fourth-order valence-electron chi connectivity index (χ4n) is 1.23. The Morgan fingerprint density at radius 2 is 2.21 bits per heavy atom. The summed E-state index contributed by atoms with van der Waals surface area (Å²) in [7, 11) is 0. The molecule has 0 aliphatic carbocycles. The molecule has 0 bridgehead atoms. The predicted octanol–water partition coefficient (Wildman–Crippen LogP) is 3.92. The van der Waals surface area contributed by atoms with Gasteiger partial charge in [-0.15, -0.1) is 22.7 Å². The van der Waals surface area contributed by atoms with E-state index in [0.29, 0.717) is 5.92 Å². The van der Waals surface area contributed by atoms with Crippen molar-refractivity contribution in [2.24, 2.45) is 0 Å². The summed E-state index contributed by atoms with van der Waals surface area (Å²) in [5.74, 6) is 0.545. The zero-order chi connectivity index (χ0) is 9.97. The maximum Gasteiger partial charge on any atom is 0.0980 e. The summed E-state index contributed by atoms with van der Waals surface area (Å²) in [6.45, 7) is 4.37. The molecular weight excluding hydrogens is 210 g/mol. The zero-order valence-electron chi connectivity index (χ0n) is 8.36. The third-order valence-corrected chi connectivity index (χ3v) is 3.81. The van der Waals surface area contributed by atoms with Crippen LogP contribution in [0.3, 0.4) is 0 Å². The molecule has 14 heavy (non-hydrogen) atoms. The number of nitrogens with zero attached hydrogens (tertiary/aromatic N) is 1. The van der Waals surface area contributed by atoms with E-state index in [1.54, 1.807) is 22.7 Å². The first-order valence-corrected chi connectivity index (χ1v) is 6.48. The second kappa shape index (κ2) is 4.24. The summed E-state index contributed by atoms with van der Waals surface area (Å²) >= 11 is 3.57. The minimum Gasteiger partial charge on any atom is -0.246 e. The first-order valence-electron chi connectivity index (χ1n) is 4.72. The number of hydrogen-bond acceptors (Lipinski definition) is 3. The van der Waals surface area contributed by atoms with Crippen molar-refractivity contribution in [1.82, 2.24) is 4.98 Å². The van der Waals surface area contributed by atoms with Crippen LogP contribution in [-0.2, 0) is 6.42 Å². The van der Waals surface area contributed by atoms with Gasteiger partial charge in [0.25, 0.3) is 0 Å². The van der Waals surface area contributed by atoms with E-state index >= 15 is 0 Å². The number of thiazole rings is 1. The van der Waals surface area contributed by atoms with Crippen LogP contribution in [0.5, 0.6) is 0 Å². The maximum absolute atomic E-state index is 4.61. The first-order chi connectivity index (χ1) is 6.75. The molecule has 0 unspecified atom stereocenters. The molecule has 0 atom stereocenters. The number of thiophene rings is 1. The second-order valence-electron chi connectivity index (χ2n) is 3.58. The van der Waals surface area contributed by atoms with E-state index in [-0.39, 0.29) is 0 Å². The van der Waals surface area contributed by atoms with Crippen molar-refractivity contribution in [2.75, 3.05) is 0 Å². The van der Waals surface area contributed by atoms with E-state index in [1.807, 2.05) is 0 Å². The monoisotopic (exact) mass is 223 g/mol. The van der Waals surface area contributed by atoms with Crippen LogP contribution in [0.1, 0.15) is 35.3 Å². The Hall–Kier alpha value is -0.670. The van der Waals surface area contributed by atoms with Crippen molar-refractivity contribution in [1.29, 1.82) is 0 Å². The Balaban J connectivity index is 2.11. The van der Waals surface area contributed by atoms with Crippen LogP contribution >= 0.6 is 22.7 Å². The average molecular weight is 223 g/mol. The molecule has 0 radical (unpaired) electrons. The van der Waals surface area contributed by atoms with Gasteiger partial charge in [0.15, 0.2) is 0 Å². The van der Waals surface area contributed by atoms with Crippen LogP contribution in [0.15, 0.2) is 22.9 Å². The smallest absolute Gasteiger partial charge is 0.0980 e. The van der Waals surface area contributed by atoms with Crippen molar-refractivity contribution >= 4 is 22.7 Å². The van der Waals surface area contributed by atoms with Crippen LogP contribution < -0.4 is 0 Å². The third-order valence-electron chi connectivity index (χ3n) is 2.07. The van der Waals surface area contributed by atoms with Crippen molar-refractivity contribution in [2.45, 2.75) is 26.2 Å². The largest absolute Gasteiger partial charge is 0.246 e. The van der Waals surface area contributed by atoms with Gasteiger partial charge in [0.1, 0.15) is 0 Å². The van der Waals surface area contributed by atoms with E-state index in [2.05, 4.69) is 41.7 Å². The van der Waals surface area contributed by atoms with Gasteiger partial charge in [-0.1, -0.05) is 19.9 Å². The van der Waals surface area contributed by atoms with Gasteiger partial charge in [-0.25, -0.2) is 4.98 Å². The fourth-order valence-corrected chi connectivity index (χ4v) is 3.01. The summed E-state index contributed by atoms with van der Waals surface area (Å²) in [6, 6.07) is 4.26. The average Bonchev–Trinajstić information content (AvgIpc) is 2.75. The lowest BCUT2D eigenvalue weighted by Crippen LogP contribution is -1.89. The number of hydrogen-bond donors (Lipinski definition) is 0. The van der Waals surface area contributed by atoms with Gasteiger partial charge in [-0.05, 0) is 17.4 Å². The first kappa shape index (κ1) is 9.87. The highest BCUT2D eigenvalue weighted by molar-refractivity contribution is 7.11. The van der Waals surface area contributed by atoms with E-state index in [4.69, 9.17) is 0 Å². The molecule has 0 aliphatic rings. The van der Waals surface area contributed by atoms with E-state index < -0.39 is 0 Å². The van der Waals surface area contributed by atoms with Gasteiger partial charge in [0, 0.05) is 16.7 Å². The van der Waals surface area contributed by atoms with Crippen molar-refractivity contribution in [3.63, 3.8) is 0 Å². The van der Waals surface area contributed by atoms with Crippen LogP contribution in [0.4, 0.5) is 0 Å². The SMILES string of the molecule is CC(C)c1csc(Cc2cccs2)n1. The van der Waals surface area contributed by atoms with Gasteiger partial charge in [0.2, 0.25) is 0 Å². The molecule has 0 N–H and O–H groups in total. The molecule has 2 rings (SSSR count). The lowest BCUT2D eigenvalue weighted by Gasteiger charge is -1.96. The number of aromatic nitrogens is 1. The van der Waals surface area contributed by atoms with Gasteiger partial charge in [0.05, 0.1) is 10.7 Å². The van der Waals surface area contributed by atoms with Gasteiger partial charge < -0.3 is 0 Å². The molecule has 0 aromatic carbocycles. The second-order valence-corrected chi connectivity index (χ2v) is 5.55. The molecule has 0 saturated carbocycles. The van der Waals surface area contributed by atoms with Crippen LogP contribution in [0.2, 0.25) is 0 Å². The maximum atomic E-state index is 4.61. The van der Waals surface area contributed by atoms with Crippen molar-refractivity contribution < 1.29 is 0 Å². The normalized spacial score (nSPS) is 11.1. The third kappa shape index (κ3) is 2.22. The fraction of sp³-hybridized carbons (Fsp3) is 0.364. The van der Waals surface area contributed by atoms with E-state index in [1.165, 1.54) is 15.6 Å². The van der Waals surface area contributed by atoms with Gasteiger partial charge >= 0.3 is 0 Å². The lowest BCUT2D eigenvalue weighted by molar-refractivity contribution is 0.825. The summed E-state index contributed by atoms with van der Waals surface area (Å²) in [6.07, 6.45) is 0.995. The Morgan fingerprint density at radius 3 is 2.79 bits per heavy atom. The molecule has 0 spiro atoms. The highest BCUT2D eigenvalue weighted by Crippen LogP contribution is 2.21. The Morgan fingerprint density at radius 1 is 1.36 bits per heavy atom. The van der Waals surface area contributed by atoms with Crippen molar-refractivity contribution in [3.05, 3.63) is 38.5 Å². The van der Waals surface area contributed by atoms with Crippen LogP contribution in [0.25, 0.3) is 0 Å². The molecule has 0 aliphatic heterocycles. The molecule has 0 fully saturated rings. The molecule has 3 heteroatoms. The van der Waals surface area contributed by atoms with E-state index in [9.17, 15) is 0 Å². The quantitative estimate of drug-likeness (QED) is 0.768. The molecule has 74 valence electrons. The summed E-state index contributed by atoms with van der Waals surface area (Å²) < 4.78 is 0. The molecule has 0 amide bonds.